The number of rotatable bonds is 4. The Morgan fingerprint density at radius 2 is 2.22 bits per heavy atom. The summed E-state index contributed by atoms with van der Waals surface area (Å²) in [6, 6.07) is 6.92. The highest BCUT2D eigenvalue weighted by atomic mass is 32.1. The molecule has 0 spiro atoms. The Bertz CT molecular complexity index is 736. The number of thiophene rings is 1. The van der Waals surface area contributed by atoms with E-state index in [0.717, 1.165) is 4.88 Å². The van der Waals surface area contributed by atoms with Gasteiger partial charge in [-0.1, -0.05) is 12.1 Å². The third-order valence-electron chi connectivity index (χ3n) is 3.78. The van der Waals surface area contributed by atoms with Crippen LogP contribution in [0.3, 0.4) is 0 Å². The Labute approximate surface area is 135 Å². The van der Waals surface area contributed by atoms with Crippen molar-refractivity contribution in [3.63, 3.8) is 0 Å². The third kappa shape index (κ3) is 3.08. The highest BCUT2D eigenvalue weighted by molar-refractivity contribution is 7.10. The second-order valence-electron chi connectivity index (χ2n) is 5.17. The molecule has 3 rings (SSSR count). The molecular formula is C15H14FN3O3S. The lowest BCUT2D eigenvalue weighted by molar-refractivity contribution is -0.386. The molecule has 2 heterocycles. The van der Waals surface area contributed by atoms with E-state index in [1.807, 2.05) is 17.5 Å². The van der Waals surface area contributed by atoms with Crippen molar-refractivity contribution in [2.45, 2.75) is 12.6 Å². The Hall–Kier alpha value is -2.32. The predicted octanol–water partition coefficient (Wildman–Crippen LogP) is 2.47. The predicted molar refractivity (Wildman–Crippen MR) is 83.5 cm³/mol. The topological polar surface area (TPSA) is 75.5 Å². The minimum Gasteiger partial charge on any atom is -0.353 e. The average molecular weight is 335 g/mol. The van der Waals surface area contributed by atoms with E-state index >= 15 is 0 Å². The van der Waals surface area contributed by atoms with Crippen LogP contribution in [0.15, 0.2) is 35.7 Å². The fourth-order valence-electron chi connectivity index (χ4n) is 2.72. The van der Waals surface area contributed by atoms with Crippen LogP contribution in [0.4, 0.5) is 10.1 Å². The molecule has 6 nitrogen and oxygen atoms in total. The molecule has 0 radical (unpaired) electrons. The zero-order chi connectivity index (χ0) is 16.4. The van der Waals surface area contributed by atoms with Crippen LogP contribution in [0, 0.1) is 15.9 Å². The van der Waals surface area contributed by atoms with E-state index in [4.69, 9.17) is 0 Å². The van der Waals surface area contributed by atoms with E-state index in [1.165, 1.54) is 29.5 Å². The van der Waals surface area contributed by atoms with Gasteiger partial charge in [-0.25, -0.2) is 4.39 Å². The fourth-order valence-corrected chi connectivity index (χ4v) is 3.58. The molecule has 8 heteroatoms. The number of hydrogen-bond acceptors (Lipinski definition) is 5. The molecule has 0 bridgehead atoms. The van der Waals surface area contributed by atoms with Crippen LogP contribution in [0.5, 0.6) is 0 Å². The van der Waals surface area contributed by atoms with Gasteiger partial charge in [-0.2, -0.15) is 0 Å². The summed E-state index contributed by atoms with van der Waals surface area (Å²) in [7, 11) is 0. The summed E-state index contributed by atoms with van der Waals surface area (Å²) in [5.74, 6) is -0.798. The molecule has 1 aromatic heterocycles. The van der Waals surface area contributed by atoms with E-state index in [1.54, 1.807) is 4.90 Å². The van der Waals surface area contributed by atoms with Gasteiger partial charge in [0.2, 0.25) is 5.91 Å². The van der Waals surface area contributed by atoms with Gasteiger partial charge in [-0.15, -0.1) is 11.3 Å². The molecule has 1 atom stereocenters. The lowest BCUT2D eigenvalue weighted by Gasteiger charge is -2.34. The first-order valence-corrected chi connectivity index (χ1v) is 7.93. The van der Waals surface area contributed by atoms with Crippen molar-refractivity contribution in [3.05, 3.63) is 62.1 Å². The molecular weight excluding hydrogens is 321 g/mol. The first-order valence-electron chi connectivity index (χ1n) is 7.05. The van der Waals surface area contributed by atoms with Gasteiger partial charge in [-0.3, -0.25) is 19.8 Å². The van der Waals surface area contributed by atoms with Gasteiger partial charge in [-0.05, 0) is 17.5 Å². The van der Waals surface area contributed by atoms with Crippen molar-refractivity contribution in [1.82, 2.24) is 10.2 Å². The smallest absolute Gasteiger partial charge is 0.276 e. The lowest BCUT2D eigenvalue weighted by atomic mass is 10.1. The zero-order valence-corrected chi connectivity index (χ0v) is 12.9. The highest BCUT2D eigenvalue weighted by Gasteiger charge is 2.33. The van der Waals surface area contributed by atoms with Gasteiger partial charge in [0.05, 0.1) is 10.5 Å². The molecule has 120 valence electrons. The quantitative estimate of drug-likeness (QED) is 0.688. The van der Waals surface area contributed by atoms with E-state index in [-0.39, 0.29) is 23.7 Å². The first kappa shape index (κ1) is 15.6. The Morgan fingerprint density at radius 1 is 1.39 bits per heavy atom. The van der Waals surface area contributed by atoms with Crippen molar-refractivity contribution in [1.29, 1.82) is 0 Å². The minimum atomic E-state index is -0.630. The maximum atomic E-state index is 14.1. The van der Waals surface area contributed by atoms with Crippen LogP contribution in [0.25, 0.3) is 0 Å². The number of carbonyl (C=O) groups excluding carboxylic acids is 1. The zero-order valence-electron chi connectivity index (χ0n) is 12.1. The number of piperazine rings is 1. The number of halogens is 1. The Balaban J connectivity index is 1.95. The number of amides is 1. The maximum absolute atomic E-state index is 14.1. The van der Waals surface area contributed by atoms with E-state index in [9.17, 15) is 19.3 Å². The molecule has 1 N–H and O–H groups in total. The molecule has 23 heavy (non-hydrogen) atoms. The van der Waals surface area contributed by atoms with Gasteiger partial charge >= 0.3 is 0 Å². The second kappa shape index (κ2) is 6.43. The van der Waals surface area contributed by atoms with Crippen LogP contribution in [0.1, 0.15) is 16.5 Å². The van der Waals surface area contributed by atoms with E-state index in [0.29, 0.717) is 13.1 Å². The normalized spacial score (nSPS) is 18.7. The van der Waals surface area contributed by atoms with Gasteiger partial charge in [0.25, 0.3) is 5.69 Å². The summed E-state index contributed by atoms with van der Waals surface area (Å²) < 4.78 is 14.1. The molecule has 0 unspecified atom stereocenters. The van der Waals surface area contributed by atoms with Gasteiger partial charge < -0.3 is 5.32 Å². The third-order valence-corrected chi connectivity index (χ3v) is 4.70. The van der Waals surface area contributed by atoms with Crippen LogP contribution in [0.2, 0.25) is 0 Å². The van der Waals surface area contributed by atoms with Crippen molar-refractivity contribution in [2.24, 2.45) is 0 Å². The minimum absolute atomic E-state index is 0.00811. The molecule has 1 amide bonds. The van der Waals surface area contributed by atoms with E-state index in [2.05, 4.69) is 5.32 Å². The number of nitrogens with zero attached hydrogens (tertiary/aromatic N) is 2. The number of carbonyl (C=O) groups is 1. The van der Waals surface area contributed by atoms with Crippen molar-refractivity contribution in [3.8, 4) is 0 Å². The summed E-state index contributed by atoms with van der Waals surface area (Å²) in [6.45, 7) is 0.946. The maximum Gasteiger partial charge on any atom is 0.276 e. The molecule has 1 aliphatic heterocycles. The molecule has 1 aromatic carbocycles. The van der Waals surface area contributed by atoms with Gasteiger partial charge in [0.15, 0.2) is 0 Å². The molecule has 0 aliphatic carbocycles. The van der Waals surface area contributed by atoms with Gasteiger partial charge in [0.1, 0.15) is 11.9 Å². The SMILES string of the molecule is O=C1NCCN(Cc2c(F)cccc2[N+](=O)[O-])[C@H]1c1cccs1. The summed E-state index contributed by atoms with van der Waals surface area (Å²) in [4.78, 5) is 25.4. The number of nitro groups is 1. The Morgan fingerprint density at radius 3 is 2.91 bits per heavy atom. The summed E-state index contributed by atoms with van der Waals surface area (Å²) in [5.41, 5.74) is -0.255. The number of hydrogen-bond donors (Lipinski definition) is 1. The van der Waals surface area contributed by atoms with Crippen LogP contribution in [-0.4, -0.2) is 28.8 Å². The average Bonchev–Trinajstić information content (AvgIpc) is 3.03. The van der Waals surface area contributed by atoms with Crippen molar-refractivity contribution in [2.75, 3.05) is 13.1 Å². The highest BCUT2D eigenvalue weighted by Crippen LogP contribution is 2.31. The van der Waals surface area contributed by atoms with Gasteiger partial charge in [0, 0.05) is 30.6 Å². The van der Waals surface area contributed by atoms with Crippen LogP contribution >= 0.6 is 11.3 Å². The summed E-state index contributed by atoms with van der Waals surface area (Å²) in [5, 5.41) is 15.8. The van der Waals surface area contributed by atoms with Crippen LogP contribution < -0.4 is 5.32 Å². The molecule has 1 fully saturated rings. The molecule has 1 aliphatic rings. The number of nitro benzene ring substituents is 1. The first-order chi connectivity index (χ1) is 11.1. The summed E-state index contributed by atoms with van der Waals surface area (Å²) >= 11 is 1.43. The second-order valence-corrected chi connectivity index (χ2v) is 6.15. The Kier molecular flexibility index (Phi) is 4.35. The fraction of sp³-hybridized carbons (Fsp3) is 0.267. The largest absolute Gasteiger partial charge is 0.353 e. The number of benzene rings is 1. The van der Waals surface area contributed by atoms with Crippen molar-refractivity contribution >= 4 is 22.9 Å². The molecule has 2 aromatic rings. The van der Waals surface area contributed by atoms with Crippen molar-refractivity contribution < 1.29 is 14.1 Å². The number of nitrogens with one attached hydrogen (secondary N) is 1. The van der Waals surface area contributed by atoms with E-state index < -0.39 is 16.8 Å². The molecule has 0 saturated carbocycles. The standard InChI is InChI=1S/C15H14FN3O3S/c16-11-3-1-4-12(19(21)22)10(11)9-18-7-6-17-15(20)14(18)13-5-2-8-23-13/h1-5,8,14H,6-7,9H2,(H,17,20)/t14-/m0/s1. The molecule has 1 saturated heterocycles. The monoisotopic (exact) mass is 335 g/mol. The summed E-state index contributed by atoms with van der Waals surface area (Å²) in [6.07, 6.45) is 0. The lowest BCUT2D eigenvalue weighted by Crippen LogP contribution is -2.49. The van der Waals surface area contributed by atoms with Crippen LogP contribution in [-0.2, 0) is 11.3 Å².